The molecule has 0 radical (unpaired) electrons. The molecule has 0 saturated carbocycles. The van der Waals surface area contributed by atoms with Gasteiger partial charge in [0.25, 0.3) is 0 Å². The second-order valence-corrected chi connectivity index (χ2v) is 6.57. The maximum Gasteiger partial charge on any atom is 0.398 e. The lowest BCUT2D eigenvalue weighted by Crippen LogP contribution is -2.11. The SMILES string of the molecule is FC(F)(F)CSc1ccccc1NCc1nc(-c2ccsc2)no1. The summed E-state index contributed by atoms with van der Waals surface area (Å²) in [6.45, 7) is 0.237. The van der Waals surface area contributed by atoms with E-state index in [-0.39, 0.29) is 6.54 Å². The van der Waals surface area contributed by atoms with E-state index in [1.165, 1.54) is 11.3 Å². The van der Waals surface area contributed by atoms with Crippen LogP contribution < -0.4 is 5.32 Å². The summed E-state index contributed by atoms with van der Waals surface area (Å²) in [5.74, 6) is -0.0752. The van der Waals surface area contributed by atoms with Gasteiger partial charge in [-0.25, -0.2) is 0 Å². The van der Waals surface area contributed by atoms with Crippen molar-refractivity contribution in [3.8, 4) is 11.4 Å². The molecule has 1 aromatic carbocycles. The molecule has 2 heterocycles. The standard InChI is InChI=1S/C15H12F3N3OS2/c16-15(17,18)9-24-12-4-2-1-3-11(12)19-7-13-20-14(21-22-13)10-5-6-23-8-10/h1-6,8,19H,7,9H2. The van der Waals surface area contributed by atoms with Crippen LogP contribution in [0.2, 0.25) is 0 Å². The zero-order valence-corrected chi connectivity index (χ0v) is 13.8. The summed E-state index contributed by atoms with van der Waals surface area (Å²) in [4.78, 5) is 4.78. The van der Waals surface area contributed by atoms with E-state index >= 15 is 0 Å². The van der Waals surface area contributed by atoms with Gasteiger partial charge in [0.05, 0.1) is 12.3 Å². The summed E-state index contributed by atoms with van der Waals surface area (Å²) in [5, 5.41) is 10.8. The van der Waals surface area contributed by atoms with Crippen molar-refractivity contribution in [2.45, 2.75) is 17.6 Å². The minimum atomic E-state index is -4.21. The van der Waals surface area contributed by atoms with Crippen LogP contribution in [0.4, 0.5) is 18.9 Å². The van der Waals surface area contributed by atoms with Crippen molar-refractivity contribution in [2.75, 3.05) is 11.1 Å². The van der Waals surface area contributed by atoms with Gasteiger partial charge in [-0.15, -0.1) is 11.8 Å². The first-order valence-electron chi connectivity index (χ1n) is 6.89. The van der Waals surface area contributed by atoms with Gasteiger partial charge in [-0.2, -0.15) is 29.5 Å². The summed E-state index contributed by atoms with van der Waals surface area (Å²) in [7, 11) is 0. The normalized spacial score (nSPS) is 11.6. The van der Waals surface area contributed by atoms with Crippen LogP contribution >= 0.6 is 23.1 Å². The zero-order chi connectivity index (χ0) is 17.0. The van der Waals surface area contributed by atoms with Crippen molar-refractivity contribution >= 4 is 28.8 Å². The summed E-state index contributed by atoms with van der Waals surface area (Å²) < 4.78 is 42.3. The zero-order valence-electron chi connectivity index (χ0n) is 12.2. The molecule has 1 N–H and O–H groups in total. The van der Waals surface area contributed by atoms with Gasteiger partial charge in [0.1, 0.15) is 0 Å². The maximum atomic E-state index is 12.4. The molecule has 0 aliphatic heterocycles. The Hall–Kier alpha value is -2.00. The molecule has 3 aromatic rings. The Kier molecular flexibility index (Phi) is 5.10. The Morgan fingerprint density at radius 1 is 1.21 bits per heavy atom. The predicted molar refractivity (Wildman–Crippen MR) is 88.2 cm³/mol. The highest BCUT2D eigenvalue weighted by Gasteiger charge is 2.27. The predicted octanol–water partition coefficient (Wildman–Crippen LogP) is 5.06. The van der Waals surface area contributed by atoms with E-state index in [1.807, 2.05) is 16.8 Å². The van der Waals surface area contributed by atoms with Crippen molar-refractivity contribution in [3.63, 3.8) is 0 Å². The van der Waals surface area contributed by atoms with Crippen molar-refractivity contribution in [3.05, 3.63) is 47.0 Å². The van der Waals surface area contributed by atoms with Gasteiger partial charge in [0, 0.05) is 21.5 Å². The molecule has 0 amide bonds. The number of aromatic nitrogens is 2. The first-order chi connectivity index (χ1) is 11.5. The van der Waals surface area contributed by atoms with E-state index in [4.69, 9.17) is 4.52 Å². The highest BCUT2D eigenvalue weighted by molar-refractivity contribution is 7.99. The number of alkyl halides is 3. The van der Waals surface area contributed by atoms with E-state index in [9.17, 15) is 13.2 Å². The molecule has 0 aliphatic carbocycles. The lowest BCUT2D eigenvalue weighted by molar-refractivity contribution is -0.105. The fraction of sp³-hybridized carbons (Fsp3) is 0.200. The van der Waals surface area contributed by atoms with Crippen LogP contribution in [0, 0.1) is 0 Å². The number of hydrogen-bond acceptors (Lipinski definition) is 6. The molecule has 9 heteroatoms. The monoisotopic (exact) mass is 371 g/mol. The maximum absolute atomic E-state index is 12.4. The second-order valence-electron chi connectivity index (χ2n) is 4.78. The van der Waals surface area contributed by atoms with Crippen LogP contribution in [0.15, 0.2) is 50.5 Å². The third kappa shape index (κ3) is 4.51. The molecule has 24 heavy (non-hydrogen) atoms. The van der Waals surface area contributed by atoms with Crippen LogP contribution in [0.3, 0.4) is 0 Å². The minimum absolute atomic E-state index is 0.237. The van der Waals surface area contributed by atoms with E-state index in [0.29, 0.717) is 22.3 Å². The molecule has 0 fully saturated rings. The van der Waals surface area contributed by atoms with Crippen molar-refractivity contribution < 1.29 is 17.7 Å². The number of para-hydroxylation sites is 1. The average molecular weight is 371 g/mol. The van der Waals surface area contributed by atoms with Crippen LogP contribution in [-0.4, -0.2) is 22.1 Å². The Morgan fingerprint density at radius 3 is 2.79 bits per heavy atom. The molecule has 2 aromatic heterocycles. The Morgan fingerprint density at radius 2 is 2.04 bits per heavy atom. The third-order valence-corrected chi connectivity index (χ3v) is 4.78. The first-order valence-corrected chi connectivity index (χ1v) is 8.82. The van der Waals surface area contributed by atoms with Crippen LogP contribution in [0.1, 0.15) is 5.89 Å². The molecule has 0 saturated heterocycles. The molecule has 0 aliphatic rings. The number of thiophene rings is 1. The Bertz CT molecular complexity index is 787. The fourth-order valence-corrected chi connectivity index (χ4v) is 3.33. The van der Waals surface area contributed by atoms with Gasteiger partial charge in [0.15, 0.2) is 0 Å². The lowest BCUT2D eigenvalue weighted by atomic mass is 10.3. The van der Waals surface area contributed by atoms with Crippen LogP contribution in [-0.2, 0) is 6.54 Å². The van der Waals surface area contributed by atoms with Crippen molar-refractivity contribution in [1.29, 1.82) is 0 Å². The summed E-state index contributed by atoms with van der Waals surface area (Å²) >= 11 is 2.27. The molecule has 4 nitrogen and oxygen atoms in total. The van der Waals surface area contributed by atoms with Crippen molar-refractivity contribution in [2.24, 2.45) is 0 Å². The van der Waals surface area contributed by atoms with Crippen LogP contribution in [0.5, 0.6) is 0 Å². The third-order valence-electron chi connectivity index (χ3n) is 2.96. The van der Waals surface area contributed by atoms with Gasteiger partial charge < -0.3 is 9.84 Å². The second kappa shape index (κ2) is 7.27. The minimum Gasteiger partial charge on any atom is -0.375 e. The van der Waals surface area contributed by atoms with Gasteiger partial charge in [-0.3, -0.25) is 0 Å². The van der Waals surface area contributed by atoms with E-state index in [2.05, 4.69) is 15.5 Å². The number of rotatable bonds is 6. The molecule has 0 unspecified atom stereocenters. The molecule has 0 atom stereocenters. The molecule has 0 bridgehead atoms. The smallest absolute Gasteiger partial charge is 0.375 e. The molecule has 3 rings (SSSR count). The van der Waals surface area contributed by atoms with Crippen molar-refractivity contribution in [1.82, 2.24) is 10.1 Å². The molecule has 126 valence electrons. The van der Waals surface area contributed by atoms with Gasteiger partial charge in [-0.1, -0.05) is 17.3 Å². The van der Waals surface area contributed by atoms with Gasteiger partial charge in [0.2, 0.25) is 11.7 Å². The number of halogens is 3. The number of anilines is 1. The molecular weight excluding hydrogens is 359 g/mol. The van der Waals surface area contributed by atoms with E-state index in [1.54, 1.807) is 24.3 Å². The summed E-state index contributed by atoms with van der Waals surface area (Å²) in [6.07, 6.45) is -4.21. The number of nitrogens with one attached hydrogen (secondary N) is 1. The topological polar surface area (TPSA) is 51.0 Å². The average Bonchev–Trinajstić information content (AvgIpc) is 3.22. The summed E-state index contributed by atoms with van der Waals surface area (Å²) in [5.41, 5.74) is 1.47. The highest BCUT2D eigenvalue weighted by Crippen LogP contribution is 2.32. The van der Waals surface area contributed by atoms with E-state index < -0.39 is 11.9 Å². The van der Waals surface area contributed by atoms with E-state index in [0.717, 1.165) is 17.3 Å². The number of thioether (sulfide) groups is 1. The van der Waals surface area contributed by atoms with Crippen LogP contribution in [0.25, 0.3) is 11.4 Å². The fourth-order valence-electron chi connectivity index (χ4n) is 1.90. The highest BCUT2D eigenvalue weighted by atomic mass is 32.2. The largest absolute Gasteiger partial charge is 0.398 e. The Balaban J connectivity index is 1.64. The molecule has 0 spiro atoms. The Labute approximate surface area is 144 Å². The van der Waals surface area contributed by atoms with Gasteiger partial charge in [-0.05, 0) is 23.6 Å². The number of hydrogen-bond donors (Lipinski definition) is 1. The quantitative estimate of drug-likeness (QED) is 0.614. The number of benzene rings is 1. The van der Waals surface area contributed by atoms with Gasteiger partial charge >= 0.3 is 6.18 Å². The molecular formula is C15H12F3N3OS2. The number of nitrogens with zero attached hydrogens (tertiary/aromatic N) is 2. The summed E-state index contributed by atoms with van der Waals surface area (Å²) in [6, 6.07) is 8.70. The lowest BCUT2D eigenvalue weighted by Gasteiger charge is -2.11. The first kappa shape index (κ1) is 16.8.